The summed E-state index contributed by atoms with van der Waals surface area (Å²) in [6.45, 7) is 2.10. The van der Waals surface area contributed by atoms with Gasteiger partial charge < -0.3 is 4.74 Å². The van der Waals surface area contributed by atoms with Crippen LogP contribution in [0.25, 0.3) is 0 Å². The van der Waals surface area contributed by atoms with Crippen molar-refractivity contribution in [3.63, 3.8) is 0 Å². The zero-order valence-electron chi connectivity index (χ0n) is 8.53. The lowest BCUT2D eigenvalue weighted by molar-refractivity contribution is 0.172. The minimum Gasteiger partial charge on any atom is -0.457 e. The maximum absolute atomic E-state index is 5.67. The number of alkyl halides is 1. The molecule has 0 amide bonds. The van der Waals surface area contributed by atoms with Crippen molar-refractivity contribution in [3.05, 3.63) is 23.9 Å². The smallest absolute Gasteiger partial charge is 0.214 e. The van der Waals surface area contributed by atoms with Gasteiger partial charge in [-0.05, 0) is 12.5 Å². The zero-order valence-corrected chi connectivity index (χ0v) is 9.29. The number of nitrogens with one attached hydrogen (secondary N) is 2. The molecular weight excluding hydrogens is 214 g/mol. The molecule has 1 aromatic heterocycles. The fourth-order valence-corrected chi connectivity index (χ4v) is 1.62. The first-order valence-electron chi connectivity index (χ1n) is 4.96. The van der Waals surface area contributed by atoms with Gasteiger partial charge in [-0.3, -0.25) is 5.43 Å². The van der Waals surface area contributed by atoms with Crippen molar-refractivity contribution in [1.29, 1.82) is 0 Å². The number of pyridine rings is 1. The van der Waals surface area contributed by atoms with Crippen LogP contribution in [0.1, 0.15) is 18.9 Å². The third kappa shape index (κ3) is 2.81. The highest BCUT2D eigenvalue weighted by Gasteiger charge is 2.21. The van der Waals surface area contributed by atoms with Gasteiger partial charge in [0, 0.05) is 30.6 Å². The van der Waals surface area contributed by atoms with Crippen LogP contribution in [0.4, 0.5) is 0 Å². The fraction of sp³-hybridized carbons (Fsp3) is 0.500. The molecule has 0 aliphatic carbocycles. The summed E-state index contributed by atoms with van der Waals surface area (Å²) in [6, 6.07) is 4.18. The van der Waals surface area contributed by atoms with E-state index in [2.05, 4.69) is 22.8 Å². The summed E-state index contributed by atoms with van der Waals surface area (Å²) in [5.74, 6) is 1.10. The molecule has 2 heterocycles. The Balaban J connectivity index is 1.93. The summed E-state index contributed by atoms with van der Waals surface area (Å²) in [4.78, 5) is 4.16. The van der Waals surface area contributed by atoms with Gasteiger partial charge in [0.05, 0.1) is 0 Å². The van der Waals surface area contributed by atoms with Crippen LogP contribution >= 0.6 is 11.6 Å². The van der Waals surface area contributed by atoms with E-state index in [0.717, 1.165) is 12.0 Å². The molecule has 1 aromatic rings. The number of ether oxygens (including phenoxy) is 1. The molecule has 2 rings (SSSR count). The molecule has 0 radical (unpaired) electrons. The van der Waals surface area contributed by atoms with E-state index in [-0.39, 0.29) is 6.23 Å². The summed E-state index contributed by atoms with van der Waals surface area (Å²) in [5.41, 5.74) is 7.13. The second kappa shape index (κ2) is 4.79. The van der Waals surface area contributed by atoms with Crippen molar-refractivity contribution in [1.82, 2.24) is 15.8 Å². The van der Waals surface area contributed by atoms with Crippen molar-refractivity contribution in [2.24, 2.45) is 0 Å². The molecule has 1 saturated heterocycles. The van der Waals surface area contributed by atoms with Crippen LogP contribution in [0.5, 0.6) is 5.88 Å². The number of rotatable bonds is 3. The topological polar surface area (TPSA) is 46.2 Å². The molecule has 0 bridgehead atoms. The second-order valence-corrected chi connectivity index (χ2v) is 3.94. The van der Waals surface area contributed by atoms with Crippen molar-refractivity contribution < 1.29 is 4.74 Å². The van der Waals surface area contributed by atoms with Gasteiger partial charge in [-0.2, -0.15) is 0 Å². The lowest BCUT2D eigenvalue weighted by Gasteiger charge is -2.11. The molecule has 0 saturated carbocycles. The van der Waals surface area contributed by atoms with Crippen LogP contribution in [0.15, 0.2) is 18.3 Å². The van der Waals surface area contributed by atoms with Gasteiger partial charge in [-0.1, -0.05) is 6.07 Å². The molecule has 4 nitrogen and oxygen atoms in total. The highest BCUT2D eigenvalue weighted by molar-refractivity contribution is 6.17. The Labute approximate surface area is 94.0 Å². The predicted molar refractivity (Wildman–Crippen MR) is 58.6 cm³/mol. The molecule has 0 aromatic carbocycles. The van der Waals surface area contributed by atoms with Crippen molar-refractivity contribution >= 4 is 11.6 Å². The van der Waals surface area contributed by atoms with E-state index in [4.69, 9.17) is 16.3 Å². The molecule has 82 valence electrons. The van der Waals surface area contributed by atoms with Gasteiger partial charge in [0.15, 0.2) is 6.23 Å². The Bertz CT molecular complexity index is 317. The average Bonchev–Trinajstić information content (AvgIpc) is 2.65. The SMILES string of the molecule is CC1CC(Oc2ccc(CCl)cn2)NN1. The molecule has 1 aliphatic heterocycles. The number of aromatic nitrogens is 1. The molecule has 1 aliphatic rings. The van der Waals surface area contributed by atoms with E-state index in [1.807, 2.05) is 12.1 Å². The molecule has 1 fully saturated rings. The van der Waals surface area contributed by atoms with Crippen LogP contribution < -0.4 is 15.6 Å². The van der Waals surface area contributed by atoms with Crippen LogP contribution in [0, 0.1) is 0 Å². The molecule has 0 spiro atoms. The first kappa shape index (κ1) is 10.7. The average molecular weight is 228 g/mol. The van der Waals surface area contributed by atoms with E-state index >= 15 is 0 Å². The lowest BCUT2D eigenvalue weighted by atomic mass is 10.2. The predicted octanol–water partition coefficient (Wildman–Crippen LogP) is 1.41. The van der Waals surface area contributed by atoms with Crippen molar-refractivity contribution in [3.8, 4) is 5.88 Å². The Morgan fingerprint density at radius 1 is 1.53 bits per heavy atom. The zero-order chi connectivity index (χ0) is 10.7. The minimum absolute atomic E-state index is 0.00523. The van der Waals surface area contributed by atoms with E-state index < -0.39 is 0 Å². The van der Waals surface area contributed by atoms with Gasteiger partial charge in [-0.25, -0.2) is 10.4 Å². The number of hydrogen-bond donors (Lipinski definition) is 2. The highest BCUT2D eigenvalue weighted by Crippen LogP contribution is 2.13. The van der Waals surface area contributed by atoms with E-state index in [1.165, 1.54) is 0 Å². The molecular formula is C10H14ClN3O. The number of hydrogen-bond acceptors (Lipinski definition) is 4. The van der Waals surface area contributed by atoms with E-state index in [9.17, 15) is 0 Å². The maximum atomic E-state index is 5.67. The van der Waals surface area contributed by atoms with E-state index in [0.29, 0.717) is 17.8 Å². The monoisotopic (exact) mass is 227 g/mol. The first-order valence-corrected chi connectivity index (χ1v) is 5.50. The maximum Gasteiger partial charge on any atom is 0.214 e. The lowest BCUT2D eigenvalue weighted by Crippen LogP contribution is -2.35. The largest absolute Gasteiger partial charge is 0.457 e. The Kier molecular flexibility index (Phi) is 3.41. The molecule has 2 unspecified atom stereocenters. The third-order valence-electron chi connectivity index (χ3n) is 2.27. The van der Waals surface area contributed by atoms with Gasteiger partial charge in [0.25, 0.3) is 0 Å². The second-order valence-electron chi connectivity index (χ2n) is 3.67. The van der Waals surface area contributed by atoms with Gasteiger partial charge in [0.2, 0.25) is 5.88 Å². The summed E-state index contributed by atoms with van der Waals surface area (Å²) in [6.07, 6.45) is 2.65. The third-order valence-corrected chi connectivity index (χ3v) is 2.58. The van der Waals surface area contributed by atoms with Crippen LogP contribution in [0.3, 0.4) is 0 Å². The van der Waals surface area contributed by atoms with Crippen LogP contribution in [-0.2, 0) is 5.88 Å². The highest BCUT2D eigenvalue weighted by atomic mass is 35.5. The number of hydrazine groups is 1. The fourth-order valence-electron chi connectivity index (χ4n) is 1.46. The van der Waals surface area contributed by atoms with Gasteiger partial charge >= 0.3 is 0 Å². The normalized spacial score (nSPS) is 25.5. The van der Waals surface area contributed by atoms with Crippen LogP contribution in [-0.4, -0.2) is 17.3 Å². The molecule has 15 heavy (non-hydrogen) atoms. The minimum atomic E-state index is -0.00523. The number of nitrogens with zero attached hydrogens (tertiary/aromatic N) is 1. The van der Waals surface area contributed by atoms with Crippen molar-refractivity contribution in [2.75, 3.05) is 0 Å². The number of halogens is 1. The standard InChI is InChI=1S/C10H14ClN3O/c1-7-4-10(14-13-7)15-9-3-2-8(5-11)6-12-9/h2-3,6-7,10,13-14H,4-5H2,1H3. The molecule has 2 atom stereocenters. The summed E-state index contributed by atoms with van der Waals surface area (Å²) < 4.78 is 5.62. The Hall–Kier alpha value is -0.840. The van der Waals surface area contributed by atoms with Crippen LogP contribution in [0.2, 0.25) is 0 Å². The summed E-state index contributed by atoms with van der Waals surface area (Å²) >= 11 is 5.67. The Morgan fingerprint density at radius 3 is 2.93 bits per heavy atom. The molecule has 2 N–H and O–H groups in total. The molecule has 5 heteroatoms. The van der Waals surface area contributed by atoms with E-state index in [1.54, 1.807) is 6.20 Å². The Morgan fingerprint density at radius 2 is 2.40 bits per heavy atom. The summed E-state index contributed by atoms with van der Waals surface area (Å²) in [5, 5.41) is 0. The van der Waals surface area contributed by atoms with Gasteiger partial charge in [0.1, 0.15) is 0 Å². The first-order chi connectivity index (χ1) is 7.28. The van der Waals surface area contributed by atoms with Gasteiger partial charge in [-0.15, -0.1) is 11.6 Å². The van der Waals surface area contributed by atoms with Crippen molar-refractivity contribution in [2.45, 2.75) is 31.5 Å². The summed E-state index contributed by atoms with van der Waals surface area (Å²) in [7, 11) is 0. The quantitative estimate of drug-likeness (QED) is 0.767.